The van der Waals surface area contributed by atoms with Crippen molar-refractivity contribution in [3.05, 3.63) is 53.5 Å². The Labute approximate surface area is 160 Å². The molecule has 2 atom stereocenters. The molecule has 1 aromatic carbocycles. The van der Waals surface area contributed by atoms with Gasteiger partial charge in [-0.15, -0.1) is 5.10 Å². The second-order valence-corrected chi connectivity index (χ2v) is 7.32. The lowest BCUT2D eigenvalue weighted by molar-refractivity contribution is 0.330. The Hall–Kier alpha value is -3.34. The average Bonchev–Trinajstić information content (AvgIpc) is 3.39. The molecule has 7 nitrogen and oxygen atoms in total. The Morgan fingerprint density at radius 2 is 2.18 bits per heavy atom. The van der Waals surface area contributed by atoms with Crippen molar-refractivity contribution in [2.75, 3.05) is 0 Å². The fraction of sp³-hybridized carbons (Fsp3) is 0.350. The number of hydrogen-bond donors (Lipinski definition) is 0. The predicted octanol–water partition coefficient (Wildman–Crippen LogP) is 4.15. The van der Waals surface area contributed by atoms with Gasteiger partial charge in [-0.1, -0.05) is 11.3 Å². The fourth-order valence-corrected chi connectivity index (χ4v) is 4.14. The van der Waals surface area contributed by atoms with Crippen LogP contribution in [0.15, 0.2) is 30.6 Å². The van der Waals surface area contributed by atoms with E-state index >= 15 is 0 Å². The highest BCUT2D eigenvalue weighted by atomic mass is 19.1. The van der Waals surface area contributed by atoms with E-state index in [2.05, 4.69) is 24.7 Å². The summed E-state index contributed by atoms with van der Waals surface area (Å²) in [5, 5.41) is 9.06. The fourth-order valence-electron chi connectivity index (χ4n) is 4.14. The van der Waals surface area contributed by atoms with Gasteiger partial charge in [0.05, 0.1) is 29.5 Å². The summed E-state index contributed by atoms with van der Waals surface area (Å²) in [5.41, 5.74) is 3.86. The summed E-state index contributed by atoms with van der Waals surface area (Å²) in [6, 6.07) is 5.50. The third kappa shape index (κ3) is 2.71. The molecule has 2 unspecified atom stereocenters. The average molecular weight is 375 g/mol. The van der Waals surface area contributed by atoms with E-state index in [1.807, 2.05) is 25.3 Å². The molecule has 0 saturated heterocycles. The molecule has 4 aromatic rings. The van der Waals surface area contributed by atoms with Crippen LogP contribution in [0.3, 0.4) is 0 Å². The highest BCUT2D eigenvalue weighted by molar-refractivity contribution is 6.03. The van der Waals surface area contributed by atoms with Crippen LogP contribution >= 0.6 is 0 Å². The number of fused-ring (bicyclic) bond motifs is 3. The molecular formula is C20H18FN7. The molecule has 1 fully saturated rings. The highest BCUT2D eigenvalue weighted by Crippen LogP contribution is 2.38. The van der Waals surface area contributed by atoms with Crippen molar-refractivity contribution in [2.45, 2.75) is 44.9 Å². The first-order chi connectivity index (χ1) is 13.6. The molecule has 0 radical (unpaired) electrons. The number of pyridine rings is 1. The number of rotatable bonds is 3. The van der Waals surface area contributed by atoms with E-state index < -0.39 is 6.17 Å². The van der Waals surface area contributed by atoms with Crippen LogP contribution in [0, 0.1) is 13.5 Å². The molecule has 0 spiro atoms. The van der Waals surface area contributed by atoms with E-state index in [1.165, 1.54) is 0 Å². The maximum absolute atomic E-state index is 14.0. The van der Waals surface area contributed by atoms with E-state index in [9.17, 15) is 4.39 Å². The molecule has 0 N–H and O–H groups in total. The van der Waals surface area contributed by atoms with Crippen LogP contribution in [0.1, 0.15) is 36.8 Å². The summed E-state index contributed by atoms with van der Waals surface area (Å²) in [5.74, 6) is 0.807. The van der Waals surface area contributed by atoms with Gasteiger partial charge in [0, 0.05) is 17.6 Å². The van der Waals surface area contributed by atoms with E-state index in [1.54, 1.807) is 16.9 Å². The van der Waals surface area contributed by atoms with Crippen molar-refractivity contribution in [1.82, 2.24) is 29.5 Å². The summed E-state index contributed by atoms with van der Waals surface area (Å²) < 4.78 is 17.9. The minimum Gasteiger partial charge on any atom is -0.323 e. The lowest BCUT2D eigenvalue weighted by Crippen LogP contribution is -2.14. The number of aryl methyl sites for hydroxylation is 1. The normalized spacial score (nSPS) is 19.5. The van der Waals surface area contributed by atoms with Gasteiger partial charge in [-0.3, -0.25) is 4.98 Å². The standard InChI is InChI=1S/C20H18FN7/c1-12-10-27(26-25-12)11-19-24-18-9-23-17-6-4-14(22-2)8-16(17)20(18)28(19)15-5-3-13(21)7-15/h4,6,8-10,13,15H,3,5,7,11H2,1H3. The topological polar surface area (TPSA) is 65.8 Å². The van der Waals surface area contributed by atoms with Crippen LogP contribution in [0.5, 0.6) is 0 Å². The highest BCUT2D eigenvalue weighted by Gasteiger charge is 2.29. The van der Waals surface area contributed by atoms with Gasteiger partial charge in [0.25, 0.3) is 0 Å². The van der Waals surface area contributed by atoms with Gasteiger partial charge in [0.15, 0.2) is 5.69 Å². The first-order valence-electron chi connectivity index (χ1n) is 9.30. The maximum Gasteiger partial charge on any atom is 0.188 e. The third-order valence-corrected chi connectivity index (χ3v) is 5.36. The summed E-state index contributed by atoms with van der Waals surface area (Å²) in [4.78, 5) is 12.9. The Bertz CT molecular complexity index is 1230. The minimum absolute atomic E-state index is 0.0295. The first-order valence-corrected chi connectivity index (χ1v) is 9.30. The molecule has 28 heavy (non-hydrogen) atoms. The zero-order valence-electron chi connectivity index (χ0n) is 15.4. The largest absolute Gasteiger partial charge is 0.323 e. The van der Waals surface area contributed by atoms with Crippen LogP contribution in [0.2, 0.25) is 0 Å². The lowest BCUT2D eigenvalue weighted by atomic mass is 10.1. The van der Waals surface area contributed by atoms with Gasteiger partial charge < -0.3 is 4.57 Å². The van der Waals surface area contributed by atoms with Crippen LogP contribution in [-0.2, 0) is 6.54 Å². The van der Waals surface area contributed by atoms with Crippen molar-refractivity contribution < 1.29 is 4.39 Å². The molecule has 1 saturated carbocycles. The summed E-state index contributed by atoms with van der Waals surface area (Å²) in [6.07, 6.45) is 4.62. The summed E-state index contributed by atoms with van der Waals surface area (Å²) in [6.45, 7) is 9.68. The monoisotopic (exact) mass is 375 g/mol. The van der Waals surface area contributed by atoms with Crippen molar-refractivity contribution >= 4 is 27.6 Å². The number of halogens is 1. The second kappa shape index (κ2) is 6.37. The zero-order valence-corrected chi connectivity index (χ0v) is 15.4. The van der Waals surface area contributed by atoms with E-state index in [0.717, 1.165) is 39.9 Å². The molecule has 0 aliphatic heterocycles. The van der Waals surface area contributed by atoms with Gasteiger partial charge >= 0.3 is 0 Å². The molecule has 5 rings (SSSR count). The molecule has 8 heteroatoms. The first kappa shape index (κ1) is 16.8. The van der Waals surface area contributed by atoms with Crippen LogP contribution in [0.25, 0.3) is 26.8 Å². The predicted molar refractivity (Wildman–Crippen MR) is 103 cm³/mol. The number of hydrogen-bond acceptors (Lipinski definition) is 4. The van der Waals surface area contributed by atoms with Gasteiger partial charge in [-0.25, -0.2) is 18.9 Å². The third-order valence-electron chi connectivity index (χ3n) is 5.36. The van der Waals surface area contributed by atoms with E-state index in [-0.39, 0.29) is 6.04 Å². The van der Waals surface area contributed by atoms with E-state index in [0.29, 0.717) is 25.1 Å². The van der Waals surface area contributed by atoms with E-state index in [4.69, 9.17) is 11.6 Å². The van der Waals surface area contributed by atoms with Crippen LogP contribution in [0.4, 0.5) is 10.1 Å². The number of aromatic nitrogens is 6. The van der Waals surface area contributed by atoms with Crippen LogP contribution in [-0.4, -0.2) is 35.7 Å². The summed E-state index contributed by atoms with van der Waals surface area (Å²) in [7, 11) is 0. The number of alkyl halides is 1. The number of imidazole rings is 1. The Balaban J connectivity index is 1.76. The molecule has 140 valence electrons. The lowest BCUT2D eigenvalue weighted by Gasteiger charge is -2.17. The maximum atomic E-state index is 14.0. The van der Waals surface area contributed by atoms with Crippen molar-refractivity contribution in [2.24, 2.45) is 0 Å². The van der Waals surface area contributed by atoms with Crippen molar-refractivity contribution in [3.63, 3.8) is 0 Å². The Kier molecular flexibility index (Phi) is 3.83. The van der Waals surface area contributed by atoms with Gasteiger partial charge in [-0.05, 0) is 38.3 Å². The van der Waals surface area contributed by atoms with Gasteiger partial charge in [0.1, 0.15) is 24.1 Å². The molecule has 0 amide bonds. The Morgan fingerprint density at radius 3 is 2.89 bits per heavy atom. The quantitative estimate of drug-likeness (QED) is 0.505. The van der Waals surface area contributed by atoms with Crippen LogP contribution < -0.4 is 0 Å². The molecule has 0 bridgehead atoms. The number of nitrogens with zero attached hydrogens (tertiary/aromatic N) is 7. The van der Waals surface area contributed by atoms with Crippen molar-refractivity contribution in [3.8, 4) is 0 Å². The Morgan fingerprint density at radius 1 is 1.29 bits per heavy atom. The van der Waals surface area contributed by atoms with Gasteiger partial charge in [-0.2, -0.15) is 0 Å². The molecule has 1 aliphatic carbocycles. The van der Waals surface area contributed by atoms with Crippen molar-refractivity contribution in [1.29, 1.82) is 0 Å². The molecular weight excluding hydrogens is 357 g/mol. The molecule has 3 heterocycles. The zero-order chi connectivity index (χ0) is 19.3. The second-order valence-electron chi connectivity index (χ2n) is 7.32. The smallest absolute Gasteiger partial charge is 0.188 e. The summed E-state index contributed by atoms with van der Waals surface area (Å²) >= 11 is 0. The SMILES string of the molecule is [C-]#[N+]c1ccc2ncc3nc(Cn4cc(C)nn4)n(C4CCC(F)C4)c3c2c1. The minimum atomic E-state index is -0.796. The van der Waals surface area contributed by atoms with Gasteiger partial charge in [0.2, 0.25) is 0 Å². The molecule has 3 aromatic heterocycles. The number of benzene rings is 1. The molecule has 1 aliphatic rings.